The summed E-state index contributed by atoms with van der Waals surface area (Å²) in [6.07, 6.45) is 5.62. The number of rotatable bonds is 1. The van der Waals surface area contributed by atoms with Crippen LogP contribution in [0, 0.1) is 0 Å². The second-order valence-corrected chi connectivity index (χ2v) is 6.76. The highest BCUT2D eigenvalue weighted by Crippen LogP contribution is 2.48. The zero-order valence-corrected chi connectivity index (χ0v) is 12.5. The summed E-state index contributed by atoms with van der Waals surface area (Å²) in [4.78, 5) is 2.56. The van der Waals surface area contributed by atoms with Gasteiger partial charge in [-0.2, -0.15) is 0 Å². The van der Waals surface area contributed by atoms with Crippen LogP contribution < -0.4 is 0 Å². The lowest BCUT2D eigenvalue weighted by molar-refractivity contribution is 0.104. The lowest BCUT2D eigenvalue weighted by Crippen LogP contribution is -2.50. The summed E-state index contributed by atoms with van der Waals surface area (Å²) in [7, 11) is 0. The predicted octanol–water partition coefficient (Wildman–Crippen LogP) is 3.18. The maximum Gasteiger partial charge on any atom is 0.160 e. The van der Waals surface area contributed by atoms with E-state index in [0.717, 1.165) is 24.9 Å². The van der Waals surface area contributed by atoms with Gasteiger partial charge in [-0.3, -0.25) is 0 Å². The van der Waals surface area contributed by atoms with Crippen LogP contribution in [0.2, 0.25) is 0 Å². The van der Waals surface area contributed by atoms with Crippen LogP contribution in [0.1, 0.15) is 50.7 Å². The first-order valence-electron chi connectivity index (χ1n) is 7.82. The van der Waals surface area contributed by atoms with Crippen LogP contribution in [0.3, 0.4) is 0 Å². The molecule has 1 atom stereocenters. The van der Waals surface area contributed by atoms with Gasteiger partial charge in [0.15, 0.2) is 11.5 Å². The Morgan fingerprint density at radius 2 is 1.90 bits per heavy atom. The highest BCUT2D eigenvalue weighted by Gasteiger charge is 2.41. The molecule has 0 saturated carbocycles. The minimum Gasteiger partial charge on any atom is -0.504 e. The number of fused-ring (bicyclic) bond motifs is 2. The molecule has 0 bridgehead atoms. The van der Waals surface area contributed by atoms with Crippen molar-refractivity contribution in [2.75, 3.05) is 13.1 Å². The van der Waals surface area contributed by atoms with E-state index in [0.29, 0.717) is 6.04 Å². The van der Waals surface area contributed by atoms with Gasteiger partial charge in [0, 0.05) is 23.6 Å². The Kier molecular flexibility index (Phi) is 3.41. The number of nitrogens with zero attached hydrogens (tertiary/aromatic N) is 1. The minimum absolute atomic E-state index is 0.0253. The van der Waals surface area contributed by atoms with Crippen LogP contribution in [0.25, 0.3) is 0 Å². The third-order valence-corrected chi connectivity index (χ3v) is 5.25. The third kappa shape index (κ3) is 2.08. The Bertz CT molecular complexity index is 512. The Hall–Kier alpha value is -1.22. The van der Waals surface area contributed by atoms with Gasteiger partial charge in [0.1, 0.15) is 0 Å². The van der Waals surface area contributed by atoms with Crippen molar-refractivity contribution in [3.63, 3.8) is 0 Å². The Morgan fingerprint density at radius 1 is 1.15 bits per heavy atom. The van der Waals surface area contributed by atoms with E-state index in [4.69, 9.17) is 0 Å². The molecule has 1 unspecified atom stereocenters. The van der Waals surface area contributed by atoms with Gasteiger partial charge in [-0.25, -0.2) is 0 Å². The molecule has 1 aromatic carbocycles. The topological polar surface area (TPSA) is 43.7 Å². The number of phenols is 2. The number of hydrogen-bond donors (Lipinski definition) is 2. The van der Waals surface area contributed by atoms with Crippen LogP contribution >= 0.6 is 0 Å². The fourth-order valence-corrected chi connectivity index (χ4v) is 4.14. The highest BCUT2D eigenvalue weighted by molar-refractivity contribution is 5.53. The van der Waals surface area contributed by atoms with E-state index in [2.05, 4.69) is 18.7 Å². The first-order chi connectivity index (χ1) is 9.53. The van der Waals surface area contributed by atoms with Crippen molar-refractivity contribution in [1.29, 1.82) is 0 Å². The van der Waals surface area contributed by atoms with Gasteiger partial charge in [0.2, 0.25) is 0 Å². The molecule has 1 heterocycles. The van der Waals surface area contributed by atoms with Crippen LogP contribution in [0.5, 0.6) is 11.5 Å². The first-order valence-corrected chi connectivity index (χ1v) is 7.82. The molecule has 3 nitrogen and oxygen atoms in total. The molecule has 3 rings (SSSR count). The van der Waals surface area contributed by atoms with Crippen molar-refractivity contribution in [3.8, 4) is 11.5 Å². The molecule has 20 heavy (non-hydrogen) atoms. The maximum absolute atomic E-state index is 10.2. The van der Waals surface area contributed by atoms with Crippen molar-refractivity contribution in [2.45, 2.75) is 57.4 Å². The van der Waals surface area contributed by atoms with Crippen molar-refractivity contribution >= 4 is 0 Å². The maximum atomic E-state index is 10.2. The number of benzene rings is 1. The first kappa shape index (κ1) is 13.7. The van der Waals surface area contributed by atoms with Crippen molar-refractivity contribution in [2.24, 2.45) is 0 Å². The van der Waals surface area contributed by atoms with Gasteiger partial charge in [-0.1, -0.05) is 6.07 Å². The molecule has 0 amide bonds. The van der Waals surface area contributed by atoms with E-state index in [1.54, 1.807) is 6.07 Å². The van der Waals surface area contributed by atoms with E-state index < -0.39 is 0 Å². The summed E-state index contributed by atoms with van der Waals surface area (Å²) in [5.74, 6) is 0.139. The summed E-state index contributed by atoms with van der Waals surface area (Å²) in [5.41, 5.74) is 2.45. The van der Waals surface area contributed by atoms with Crippen LogP contribution in [0.15, 0.2) is 12.1 Å². The highest BCUT2D eigenvalue weighted by atomic mass is 16.3. The van der Waals surface area contributed by atoms with Gasteiger partial charge in [-0.15, -0.1) is 0 Å². The van der Waals surface area contributed by atoms with Gasteiger partial charge in [-0.05, 0) is 64.1 Å². The average molecular weight is 275 g/mol. The summed E-state index contributed by atoms with van der Waals surface area (Å²) < 4.78 is 0. The normalized spacial score (nSPS) is 26.9. The van der Waals surface area contributed by atoms with Gasteiger partial charge in [0.25, 0.3) is 0 Å². The zero-order valence-electron chi connectivity index (χ0n) is 12.5. The van der Waals surface area contributed by atoms with Gasteiger partial charge >= 0.3 is 0 Å². The molecule has 1 saturated heterocycles. The lowest BCUT2D eigenvalue weighted by atomic mass is 9.65. The summed E-state index contributed by atoms with van der Waals surface area (Å²) >= 11 is 0. The number of hydrogen-bond acceptors (Lipinski definition) is 3. The van der Waals surface area contributed by atoms with E-state index in [9.17, 15) is 10.2 Å². The summed E-state index contributed by atoms with van der Waals surface area (Å²) in [6.45, 7) is 6.79. The van der Waals surface area contributed by atoms with Crippen LogP contribution in [0.4, 0.5) is 0 Å². The standard InChI is InChI=1S/C17H25NO2/c1-12(2)18-10-4-9-17(11-18)8-3-5-13-14(17)6-7-15(19)16(13)20/h6-7,12,19-20H,3-5,8-11H2,1-2H3. The number of likely N-dealkylation sites (tertiary alicyclic amines) is 1. The lowest BCUT2D eigenvalue weighted by Gasteiger charge is -2.47. The van der Waals surface area contributed by atoms with Gasteiger partial charge in [0.05, 0.1) is 0 Å². The van der Waals surface area contributed by atoms with Crippen molar-refractivity contribution in [3.05, 3.63) is 23.3 Å². The van der Waals surface area contributed by atoms with E-state index >= 15 is 0 Å². The molecular weight excluding hydrogens is 250 g/mol. The third-order valence-electron chi connectivity index (χ3n) is 5.25. The van der Waals surface area contributed by atoms with Crippen molar-refractivity contribution in [1.82, 2.24) is 4.90 Å². The second kappa shape index (κ2) is 4.96. The Balaban J connectivity index is 2.02. The molecule has 0 aromatic heterocycles. The Morgan fingerprint density at radius 3 is 2.65 bits per heavy atom. The molecule has 0 radical (unpaired) electrons. The Labute approximate surface area is 121 Å². The van der Waals surface area contributed by atoms with E-state index in [1.807, 2.05) is 6.07 Å². The van der Waals surface area contributed by atoms with Crippen LogP contribution in [-0.4, -0.2) is 34.2 Å². The van der Waals surface area contributed by atoms with E-state index in [1.165, 1.54) is 31.4 Å². The molecular formula is C17H25NO2. The number of phenolic OH excluding ortho intramolecular Hbond substituents is 2. The molecule has 1 aromatic rings. The average Bonchev–Trinajstić information content (AvgIpc) is 2.44. The van der Waals surface area contributed by atoms with Crippen LogP contribution in [-0.2, 0) is 11.8 Å². The molecule has 2 N–H and O–H groups in total. The fraction of sp³-hybridized carbons (Fsp3) is 0.647. The molecule has 2 aliphatic rings. The smallest absolute Gasteiger partial charge is 0.160 e. The second-order valence-electron chi connectivity index (χ2n) is 6.76. The van der Waals surface area contributed by atoms with Crippen molar-refractivity contribution < 1.29 is 10.2 Å². The number of aromatic hydroxyl groups is 2. The molecule has 1 fully saturated rings. The fourth-order valence-electron chi connectivity index (χ4n) is 4.14. The van der Waals surface area contributed by atoms with Gasteiger partial charge < -0.3 is 15.1 Å². The summed E-state index contributed by atoms with van der Waals surface area (Å²) in [6, 6.07) is 4.28. The molecule has 1 spiro atoms. The minimum atomic E-state index is 0.0253. The number of piperidine rings is 1. The monoisotopic (exact) mass is 275 g/mol. The van der Waals surface area contributed by atoms with E-state index in [-0.39, 0.29) is 16.9 Å². The largest absolute Gasteiger partial charge is 0.504 e. The predicted molar refractivity (Wildman–Crippen MR) is 80.3 cm³/mol. The SMILES string of the molecule is CC(C)N1CCCC2(CCCc3c2ccc(O)c3O)C1. The zero-order chi connectivity index (χ0) is 14.3. The summed E-state index contributed by atoms with van der Waals surface area (Å²) in [5, 5.41) is 19.9. The quantitative estimate of drug-likeness (QED) is 0.774. The molecule has 110 valence electrons. The molecule has 1 aliphatic heterocycles. The molecule has 3 heteroatoms. The molecule has 1 aliphatic carbocycles.